The number of anilines is 3. The number of aryl methyl sites for hydroxylation is 1. The average Bonchev–Trinajstić information content (AvgIpc) is 3.25. The van der Waals surface area contributed by atoms with Gasteiger partial charge in [-0.3, -0.25) is 4.79 Å². The molecule has 182 valence electrons. The highest BCUT2D eigenvalue weighted by Crippen LogP contribution is 2.35. The van der Waals surface area contributed by atoms with Crippen LogP contribution in [0.4, 0.5) is 35.2 Å². The first-order chi connectivity index (χ1) is 16.2. The Morgan fingerprint density at radius 2 is 1.91 bits per heavy atom. The van der Waals surface area contributed by atoms with Crippen LogP contribution in [0.25, 0.3) is 0 Å². The van der Waals surface area contributed by atoms with Crippen molar-refractivity contribution in [2.24, 2.45) is 5.92 Å². The van der Waals surface area contributed by atoms with E-state index in [-0.39, 0.29) is 31.3 Å². The van der Waals surface area contributed by atoms with Crippen LogP contribution in [0.5, 0.6) is 0 Å². The minimum absolute atomic E-state index is 0.0865. The zero-order chi connectivity index (χ0) is 24.3. The number of nitrogens with one attached hydrogen (secondary N) is 4. The molecule has 3 amide bonds. The molecule has 34 heavy (non-hydrogen) atoms. The molecule has 0 unspecified atom stereocenters. The summed E-state index contributed by atoms with van der Waals surface area (Å²) >= 11 is 0. The first-order valence-electron chi connectivity index (χ1n) is 11.2. The third-order valence-electron chi connectivity index (χ3n) is 6.17. The maximum atomic E-state index is 12.9. The number of nitrogens with zero attached hydrogens (tertiary/aromatic N) is 2. The van der Waals surface area contributed by atoms with E-state index < -0.39 is 18.1 Å². The lowest BCUT2D eigenvalue weighted by molar-refractivity contribution is -0.179. The van der Waals surface area contributed by atoms with E-state index in [2.05, 4.69) is 26.3 Å². The Labute approximate surface area is 195 Å². The zero-order valence-corrected chi connectivity index (χ0v) is 18.7. The second-order valence-electron chi connectivity index (χ2n) is 8.61. The Morgan fingerprint density at radius 1 is 1.21 bits per heavy atom. The van der Waals surface area contributed by atoms with Crippen molar-refractivity contribution in [3.05, 3.63) is 47.7 Å². The number of aromatic nitrogens is 1. The molecule has 1 aromatic carbocycles. The van der Waals surface area contributed by atoms with Crippen molar-refractivity contribution in [2.45, 2.75) is 38.5 Å². The quantitative estimate of drug-likeness (QED) is 0.513. The van der Waals surface area contributed by atoms with Gasteiger partial charge in [-0.2, -0.15) is 13.2 Å². The number of benzene rings is 1. The highest BCUT2D eigenvalue weighted by Gasteiger charge is 2.41. The molecule has 2 aromatic rings. The summed E-state index contributed by atoms with van der Waals surface area (Å²) in [7, 11) is 0. The van der Waals surface area contributed by atoms with E-state index in [1.165, 1.54) is 0 Å². The molecule has 2 saturated heterocycles. The van der Waals surface area contributed by atoms with Crippen molar-refractivity contribution in [1.29, 1.82) is 0 Å². The molecule has 0 spiro atoms. The van der Waals surface area contributed by atoms with Gasteiger partial charge in [0.05, 0.1) is 17.8 Å². The van der Waals surface area contributed by atoms with Gasteiger partial charge < -0.3 is 26.2 Å². The van der Waals surface area contributed by atoms with Crippen molar-refractivity contribution < 1.29 is 22.8 Å². The number of hydrogen-bond acceptors (Lipinski definition) is 5. The predicted octanol–water partition coefficient (Wildman–Crippen LogP) is 3.21. The minimum Gasteiger partial charge on any atom is -0.357 e. The van der Waals surface area contributed by atoms with Crippen LogP contribution < -0.4 is 26.2 Å². The van der Waals surface area contributed by atoms with Crippen LogP contribution in [0.1, 0.15) is 24.0 Å². The van der Waals surface area contributed by atoms with Crippen molar-refractivity contribution >= 4 is 29.1 Å². The number of carbonyl (C=O) groups is 2. The fraction of sp³-hybridized carbons (Fsp3) is 0.435. The first kappa shape index (κ1) is 23.7. The predicted molar refractivity (Wildman–Crippen MR) is 122 cm³/mol. The van der Waals surface area contributed by atoms with E-state index in [0.717, 1.165) is 22.5 Å². The van der Waals surface area contributed by atoms with E-state index in [1.54, 1.807) is 6.20 Å². The van der Waals surface area contributed by atoms with E-state index in [9.17, 15) is 22.8 Å². The van der Waals surface area contributed by atoms with Crippen LogP contribution in [0.15, 0.2) is 36.5 Å². The number of piperidine rings is 1. The van der Waals surface area contributed by atoms with Gasteiger partial charge in [0.1, 0.15) is 11.9 Å². The molecule has 2 fully saturated rings. The second kappa shape index (κ2) is 9.78. The summed E-state index contributed by atoms with van der Waals surface area (Å²) in [4.78, 5) is 29.6. The molecular formula is C23H27F3N6O2. The normalized spacial score (nSPS) is 18.9. The van der Waals surface area contributed by atoms with E-state index in [0.29, 0.717) is 25.5 Å². The third kappa shape index (κ3) is 5.70. The highest BCUT2D eigenvalue weighted by molar-refractivity contribution is 5.90. The fourth-order valence-corrected chi connectivity index (χ4v) is 4.07. The summed E-state index contributed by atoms with van der Waals surface area (Å²) in [6.45, 7) is 3.21. The standard InChI is InChI=1S/C23H27F3N6O2/c1-14-10-20(32-8-6-16(7-9-32)23(24,25)26)27-12-18(14)30-17-4-2-15(3-5-17)11-28-21(33)19-13-29-22(34)31-19/h2-5,10,12,16,19,30H,6-9,11,13H2,1H3,(H,28,33)(H2,29,31,34)/t19-/m1/s1. The Bertz CT molecular complexity index is 1040. The van der Waals surface area contributed by atoms with Crippen LogP contribution in [0, 0.1) is 12.8 Å². The van der Waals surface area contributed by atoms with Gasteiger partial charge in [0.25, 0.3) is 0 Å². The number of carbonyl (C=O) groups excluding carboxylic acids is 2. The van der Waals surface area contributed by atoms with Gasteiger partial charge in [0.15, 0.2) is 0 Å². The molecule has 0 aliphatic carbocycles. The Hall–Kier alpha value is -3.50. The van der Waals surface area contributed by atoms with Crippen molar-refractivity contribution in [3.8, 4) is 0 Å². The first-order valence-corrected chi connectivity index (χ1v) is 11.2. The number of halogens is 3. The van der Waals surface area contributed by atoms with Crippen molar-refractivity contribution in [3.63, 3.8) is 0 Å². The number of hydrogen-bond donors (Lipinski definition) is 4. The molecule has 4 rings (SSSR count). The number of alkyl halides is 3. The minimum atomic E-state index is -4.13. The molecule has 0 radical (unpaired) electrons. The van der Waals surface area contributed by atoms with Gasteiger partial charge in [-0.05, 0) is 49.1 Å². The molecule has 11 heteroatoms. The van der Waals surface area contributed by atoms with Crippen LogP contribution in [-0.4, -0.2) is 48.8 Å². The van der Waals surface area contributed by atoms with Crippen LogP contribution in [0.2, 0.25) is 0 Å². The van der Waals surface area contributed by atoms with Crippen molar-refractivity contribution in [2.75, 3.05) is 29.9 Å². The molecule has 1 aromatic heterocycles. The zero-order valence-electron chi connectivity index (χ0n) is 18.7. The molecular weight excluding hydrogens is 449 g/mol. The van der Waals surface area contributed by atoms with Crippen LogP contribution in [0.3, 0.4) is 0 Å². The molecule has 0 saturated carbocycles. The summed E-state index contributed by atoms with van der Waals surface area (Å²) in [5, 5.41) is 11.2. The summed E-state index contributed by atoms with van der Waals surface area (Å²) in [6.07, 6.45) is -2.26. The van der Waals surface area contributed by atoms with E-state index >= 15 is 0 Å². The molecule has 8 nitrogen and oxygen atoms in total. The van der Waals surface area contributed by atoms with Crippen LogP contribution >= 0.6 is 0 Å². The molecule has 3 heterocycles. The molecule has 1 atom stereocenters. The van der Waals surface area contributed by atoms with Gasteiger partial charge in [-0.1, -0.05) is 12.1 Å². The molecule has 0 bridgehead atoms. The lowest BCUT2D eigenvalue weighted by Crippen LogP contribution is -2.42. The Kier molecular flexibility index (Phi) is 6.80. The number of urea groups is 1. The SMILES string of the molecule is Cc1cc(N2CCC(C(F)(F)F)CC2)ncc1Nc1ccc(CNC(=O)[C@H]2CNC(=O)N2)cc1. The molecule has 2 aliphatic rings. The van der Waals surface area contributed by atoms with Crippen molar-refractivity contribution in [1.82, 2.24) is 20.9 Å². The monoisotopic (exact) mass is 476 g/mol. The lowest BCUT2D eigenvalue weighted by atomic mass is 9.96. The van der Waals surface area contributed by atoms with Gasteiger partial charge >= 0.3 is 12.2 Å². The number of rotatable bonds is 6. The van der Waals surface area contributed by atoms with Gasteiger partial charge in [-0.25, -0.2) is 9.78 Å². The fourth-order valence-electron chi connectivity index (χ4n) is 4.07. The largest absolute Gasteiger partial charge is 0.391 e. The Morgan fingerprint density at radius 3 is 2.50 bits per heavy atom. The third-order valence-corrected chi connectivity index (χ3v) is 6.17. The lowest BCUT2D eigenvalue weighted by Gasteiger charge is -2.33. The Balaban J connectivity index is 1.30. The molecule has 4 N–H and O–H groups in total. The van der Waals surface area contributed by atoms with Gasteiger partial charge in [0.2, 0.25) is 5.91 Å². The van der Waals surface area contributed by atoms with Gasteiger partial charge in [-0.15, -0.1) is 0 Å². The maximum Gasteiger partial charge on any atom is 0.391 e. The second-order valence-corrected chi connectivity index (χ2v) is 8.61. The summed E-state index contributed by atoms with van der Waals surface area (Å²) in [5.74, 6) is -0.795. The summed E-state index contributed by atoms with van der Waals surface area (Å²) < 4.78 is 38.7. The number of pyridine rings is 1. The highest BCUT2D eigenvalue weighted by atomic mass is 19.4. The van der Waals surface area contributed by atoms with E-state index in [4.69, 9.17) is 0 Å². The van der Waals surface area contributed by atoms with E-state index in [1.807, 2.05) is 42.2 Å². The summed E-state index contributed by atoms with van der Waals surface area (Å²) in [6, 6.07) is 8.51. The maximum absolute atomic E-state index is 12.9. The smallest absolute Gasteiger partial charge is 0.357 e. The van der Waals surface area contributed by atoms with Gasteiger partial charge in [0, 0.05) is 31.9 Å². The van der Waals surface area contributed by atoms with Crippen LogP contribution in [-0.2, 0) is 11.3 Å². The summed E-state index contributed by atoms with van der Waals surface area (Å²) in [5.41, 5.74) is 3.49. The number of amides is 3. The average molecular weight is 477 g/mol. The molecule has 2 aliphatic heterocycles. The topological polar surface area (TPSA) is 98.4 Å².